The van der Waals surface area contributed by atoms with Crippen molar-refractivity contribution in [2.75, 3.05) is 19.7 Å². The fourth-order valence-corrected chi connectivity index (χ4v) is 3.86. The maximum Gasteiger partial charge on any atom is 0.225 e. The molecule has 1 N–H and O–H groups in total. The number of rotatable bonds is 2. The number of fused-ring (bicyclic) bond motifs is 1. The summed E-state index contributed by atoms with van der Waals surface area (Å²) in [5, 5.41) is 3.41. The molecule has 102 valence electrons. The minimum Gasteiger partial charge on any atom is -0.378 e. The molecule has 0 bridgehead atoms. The molecule has 4 heteroatoms. The Kier molecular flexibility index (Phi) is 3.57. The van der Waals surface area contributed by atoms with Crippen LogP contribution in [0.2, 0.25) is 0 Å². The summed E-state index contributed by atoms with van der Waals surface area (Å²) >= 11 is 0. The highest BCUT2D eigenvalue weighted by Crippen LogP contribution is 2.33. The molecule has 3 heterocycles. The number of nitrogens with zero attached hydrogens (tertiary/aromatic N) is 1. The molecule has 18 heavy (non-hydrogen) atoms. The van der Waals surface area contributed by atoms with Crippen LogP contribution in [0.1, 0.15) is 39.0 Å². The smallest absolute Gasteiger partial charge is 0.225 e. The molecule has 4 atom stereocenters. The molecule has 3 aliphatic heterocycles. The van der Waals surface area contributed by atoms with Gasteiger partial charge in [-0.2, -0.15) is 0 Å². The van der Waals surface area contributed by atoms with Gasteiger partial charge >= 0.3 is 0 Å². The van der Waals surface area contributed by atoms with E-state index < -0.39 is 0 Å². The lowest BCUT2D eigenvalue weighted by Gasteiger charge is -2.30. The topological polar surface area (TPSA) is 41.6 Å². The van der Waals surface area contributed by atoms with E-state index in [4.69, 9.17) is 4.74 Å². The van der Waals surface area contributed by atoms with E-state index in [1.165, 1.54) is 6.42 Å². The largest absolute Gasteiger partial charge is 0.378 e. The van der Waals surface area contributed by atoms with E-state index >= 15 is 0 Å². The number of ether oxygens (including phenoxy) is 1. The van der Waals surface area contributed by atoms with Crippen molar-refractivity contribution in [3.8, 4) is 0 Å². The van der Waals surface area contributed by atoms with E-state index in [2.05, 4.69) is 17.1 Å². The number of likely N-dealkylation sites (tertiary alicyclic amines) is 1. The van der Waals surface area contributed by atoms with Gasteiger partial charge in [0.15, 0.2) is 0 Å². The van der Waals surface area contributed by atoms with Gasteiger partial charge in [-0.25, -0.2) is 0 Å². The maximum atomic E-state index is 12.5. The zero-order valence-electron chi connectivity index (χ0n) is 11.2. The molecule has 3 rings (SSSR count). The second kappa shape index (κ2) is 5.17. The van der Waals surface area contributed by atoms with Crippen LogP contribution in [0.5, 0.6) is 0 Å². The summed E-state index contributed by atoms with van der Waals surface area (Å²) in [5.41, 5.74) is 0. The molecule has 3 aliphatic rings. The summed E-state index contributed by atoms with van der Waals surface area (Å²) in [6, 6.07) is 0.856. The molecule has 0 aliphatic carbocycles. The molecule has 1 amide bonds. The summed E-state index contributed by atoms with van der Waals surface area (Å²) in [4.78, 5) is 14.6. The average Bonchev–Trinajstić information content (AvgIpc) is 2.89. The van der Waals surface area contributed by atoms with Crippen LogP contribution in [-0.4, -0.2) is 48.7 Å². The van der Waals surface area contributed by atoms with Gasteiger partial charge in [0.25, 0.3) is 0 Å². The van der Waals surface area contributed by atoms with Crippen LogP contribution in [0.15, 0.2) is 0 Å². The van der Waals surface area contributed by atoms with E-state index in [1.54, 1.807) is 0 Å². The molecule has 0 aromatic heterocycles. The van der Waals surface area contributed by atoms with Crippen molar-refractivity contribution in [1.29, 1.82) is 0 Å². The zero-order valence-corrected chi connectivity index (χ0v) is 11.2. The van der Waals surface area contributed by atoms with Gasteiger partial charge in [0.1, 0.15) is 0 Å². The van der Waals surface area contributed by atoms with Crippen molar-refractivity contribution in [3.63, 3.8) is 0 Å². The van der Waals surface area contributed by atoms with Crippen molar-refractivity contribution in [3.05, 3.63) is 0 Å². The molecule has 0 aromatic carbocycles. The summed E-state index contributed by atoms with van der Waals surface area (Å²) in [7, 11) is 0. The van der Waals surface area contributed by atoms with Gasteiger partial charge < -0.3 is 15.0 Å². The van der Waals surface area contributed by atoms with E-state index in [-0.39, 0.29) is 6.10 Å². The first-order chi connectivity index (χ1) is 8.75. The highest BCUT2D eigenvalue weighted by atomic mass is 16.5. The number of carbonyl (C=O) groups excluding carboxylic acids is 1. The van der Waals surface area contributed by atoms with Gasteiger partial charge in [0, 0.05) is 31.8 Å². The first-order valence-corrected chi connectivity index (χ1v) is 7.39. The average molecular weight is 252 g/mol. The highest BCUT2D eigenvalue weighted by Gasteiger charge is 2.44. The molecular formula is C14H24N2O2. The van der Waals surface area contributed by atoms with Crippen molar-refractivity contribution in [2.45, 2.75) is 57.2 Å². The second-order valence-corrected chi connectivity index (χ2v) is 6.06. The van der Waals surface area contributed by atoms with Crippen LogP contribution >= 0.6 is 0 Å². The van der Waals surface area contributed by atoms with Gasteiger partial charge in [0.05, 0.1) is 12.5 Å². The van der Waals surface area contributed by atoms with Crippen LogP contribution in [0.4, 0.5) is 0 Å². The quantitative estimate of drug-likeness (QED) is 0.801. The molecule has 4 unspecified atom stereocenters. The molecule has 3 fully saturated rings. The number of hydrogen-bond acceptors (Lipinski definition) is 3. The minimum atomic E-state index is 0.173. The third-order valence-corrected chi connectivity index (χ3v) is 4.74. The second-order valence-electron chi connectivity index (χ2n) is 6.06. The number of hydrogen-bond donors (Lipinski definition) is 1. The standard InChI is InChI=1S/C14H24N2O2/c1-10-6-11-8-15-9-13(11)16(10)14(17)7-12-4-2-3-5-18-12/h10-13,15H,2-9H2,1H3. The van der Waals surface area contributed by atoms with Gasteiger partial charge in [-0.05, 0) is 38.5 Å². The molecule has 3 saturated heterocycles. The van der Waals surface area contributed by atoms with Crippen LogP contribution < -0.4 is 5.32 Å². The predicted molar refractivity (Wildman–Crippen MR) is 69.3 cm³/mol. The minimum absolute atomic E-state index is 0.173. The van der Waals surface area contributed by atoms with Crippen molar-refractivity contribution >= 4 is 5.91 Å². The van der Waals surface area contributed by atoms with Crippen LogP contribution in [0, 0.1) is 5.92 Å². The van der Waals surface area contributed by atoms with E-state index in [1.807, 2.05) is 0 Å². The van der Waals surface area contributed by atoms with Crippen LogP contribution in [-0.2, 0) is 9.53 Å². The summed E-state index contributed by atoms with van der Waals surface area (Å²) in [6.45, 7) is 5.09. The first kappa shape index (κ1) is 12.4. The third-order valence-electron chi connectivity index (χ3n) is 4.74. The molecule has 0 aromatic rings. The Morgan fingerprint density at radius 1 is 1.39 bits per heavy atom. The Morgan fingerprint density at radius 2 is 2.28 bits per heavy atom. The van der Waals surface area contributed by atoms with Crippen LogP contribution in [0.3, 0.4) is 0 Å². The Hall–Kier alpha value is -0.610. The van der Waals surface area contributed by atoms with Gasteiger partial charge in [-0.3, -0.25) is 4.79 Å². The van der Waals surface area contributed by atoms with Gasteiger partial charge in [-0.1, -0.05) is 0 Å². The Labute approximate surface area is 109 Å². The summed E-state index contributed by atoms with van der Waals surface area (Å²) in [6.07, 6.45) is 5.34. The zero-order chi connectivity index (χ0) is 12.5. The van der Waals surface area contributed by atoms with Crippen molar-refractivity contribution < 1.29 is 9.53 Å². The lowest BCUT2D eigenvalue weighted by atomic mass is 10.0. The predicted octanol–water partition coefficient (Wildman–Crippen LogP) is 1.15. The van der Waals surface area contributed by atoms with Gasteiger partial charge in [-0.15, -0.1) is 0 Å². The third kappa shape index (κ3) is 2.28. The Morgan fingerprint density at radius 3 is 3.06 bits per heavy atom. The lowest BCUT2D eigenvalue weighted by Crippen LogP contribution is -2.44. The van der Waals surface area contributed by atoms with Gasteiger partial charge in [0.2, 0.25) is 5.91 Å². The summed E-state index contributed by atoms with van der Waals surface area (Å²) < 4.78 is 5.69. The van der Waals surface area contributed by atoms with Crippen molar-refractivity contribution in [1.82, 2.24) is 10.2 Å². The monoisotopic (exact) mass is 252 g/mol. The molecule has 0 spiro atoms. The van der Waals surface area contributed by atoms with Crippen molar-refractivity contribution in [2.24, 2.45) is 5.92 Å². The SMILES string of the molecule is CC1CC2CNCC2N1C(=O)CC1CCCCO1. The highest BCUT2D eigenvalue weighted by molar-refractivity contribution is 5.78. The fourth-order valence-electron chi connectivity index (χ4n) is 3.86. The molecule has 0 radical (unpaired) electrons. The van der Waals surface area contributed by atoms with E-state index in [0.717, 1.165) is 39.0 Å². The maximum absolute atomic E-state index is 12.5. The molecule has 4 nitrogen and oxygen atoms in total. The van der Waals surface area contributed by atoms with E-state index in [9.17, 15) is 4.79 Å². The fraction of sp³-hybridized carbons (Fsp3) is 0.929. The molecular weight excluding hydrogens is 228 g/mol. The Balaban J connectivity index is 1.60. The number of amides is 1. The number of carbonyl (C=O) groups is 1. The first-order valence-electron chi connectivity index (χ1n) is 7.39. The Bertz CT molecular complexity index is 315. The lowest BCUT2D eigenvalue weighted by molar-refractivity contribution is -0.137. The summed E-state index contributed by atoms with van der Waals surface area (Å²) in [5.74, 6) is 0.988. The number of nitrogens with one attached hydrogen (secondary N) is 1. The molecule has 0 saturated carbocycles. The van der Waals surface area contributed by atoms with E-state index in [0.29, 0.717) is 30.3 Å². The normalized spacial score (nSPS) is 39.9. The van der Waals surface area contributed by atoms with Crippen LogP contribution in [0.25, 0.3) is 0 Å².